The molecule has 0 saturated carbocycles. The van der Waals surface area contributed by atoms with E-state index in [1.165, 1.54) is 0 Å². The Morgan fingerprint density at radius 1 is 1.47 bits per heavy atom. The molecule has 0 aromatic heterocycles. The van der Waals surface area contributed by atoms with Gasteiger partial charge >= 0.3 is 0 Å². The molecular formula is C13H16BrNO2. The zero-order valence-electron chi connectivity index (χ0n) is 9.98. The Morgan fingerprint density at radius 3 is 2.65 bits per heavy atom. The highest BCUT2D eigenvalue weighted by Gasteiger charge is 2.43. The predicted molar refractivity (Wildman–Crippen MR) is 69.9 cm³/mol. The zero-order valence-corrected chi connectivity index (χ0v) is 11.6. The Morgan fingerprint density at radius 2 is 2.12 bits per heavy atom. The summed E-state index contributed by atoms with van der Waals surface area (Å²) in [5, 5.41) is 9.89. The molecule has 0 radical (unpaired) electrons. The first-order valence-corrected chi connectivity index (χ1v) is 6.48. The van der Waals surface area contributed by atoms with E-state index in [1.807, 2.05) is 32.0 Å². The van der Waals surface area contributed by atoms with Crippen molar-refractivity contribution in [2.75, 3.05) is 6.54 Å². The first kappa shape index (κ1) is 12.6. The van der Waals surface area contributed by atoms with Crippen LogP contribution in [0.1, 0.15) is 30.6 Å². The third kappa shape index (κ3) is 2.11. The van der Waals surface area contributed by atoms with Gasteiger partial charge in [0.05, 0.1) is 17.2 Å². The van der Waals surface area contributed by atoms with Gasteiger partial charge in [-0.3, -0.25) is 4.79 Å². The molecule has 1 saturated heterocycles. The second-order valence-corrected chi connectivity index (χ2v) is 5.75. The molecule has 1 heterocycles. The first-order valence-electron chi connectivity index (χ1n) is 5.69. The molecule has 1 aromatic rings. The maximum Gasteiger partial charge on any atom is 0.255 e. The van der Waals surface area contributed by atoms with Gasteiger partial charge in [-0.15, -0.1) is 0 Å². The number of amides is 1. The molecule has 17 heavy (non-hydrogen) atoms. The normalized spacial score (nSPS) is 22.8. The zero-order chi connectivity index (χ0) is 12.6. The molecule has 1 fully saturated rings. The second kappa shape index (κ2) is 4.42. The van der Waals surface area contributed by atoms with Crippen molar-refractivity contribution in [1.29, 1.82) is 0 Å². The molecule has 1 N–H and O–H groups in total. The molecule has 1 aromatic carbocycles. The molecule has 1 atom stereocenters. The molecule has 0 aliphatic carbocycles. The van der Waals surface area contributed by atoms with Crippen molar-refractivity contribution in [2.45, 2.75) is 31.9 Å². The highest BCUT2D eigenvalue weighted by Crippen LogP contribution is 2.31. The summed E-state index contributed by atoms with van der Waals surface area (Å²) in [5.74, 6) is -0.0287. The number of aliphatic hydroxyl groups excluding tert-OH is 1. The number of hydrogen-bond donors (Lipinski definition) is 1. The molecule has 0 bridgehead atoms. The van der Waals surface area contributed by atoms with Gasteiger partial charge < -0.3 is 10.0 Å². The molecular weight excluding hydrogens is 282 g/mol. The number of nitrogens with zero attached hydrogens (tertiary/aromatic N) is 1. The van der Waals surface area contributed by atoms with Gasteiger partial charge in [0.25, 0.3) is 5.91 Å². The monoisotopic (exact) mass is 297 g/mol. The topological polar surface area (TPSA) is 40.5 Å². The van der Waals surface area contributed by atoms with Gasteiger partial charge in [0, 0.05) is 11.0 Å². The fraction of sp³-hybridized carbons (Fsp3) is 0.462. The van der Waals surface area contributed by atoms with Crippen molar-refractivity contribution in [1.82, 2.24) is 4.90 Å². The highest BCUT2D eigenvalue weighted by molar-refractivity contribution is 9.10. The number of halogens is 1. The van der Waals surface area contributed by atoms with Crippen LogP contribution in [-0.2, 0) is 0 Å². The molecule has 1 aliphatic heterocycles. The van der Waals surface area contributed by atoms with E-state index in [2.05, 4.69) is 15.9 Å². The average Bonchev–Trinajstić information content (AvgIpc) is 2.54. The fourth-order valence-corrected chi connectivity index (χ4v) is 2.67. The van der Waals surface area contributed by atoms with Crippen molar-refractivity contribution in [3.05, 3.63) is 34.3 Å². The minimum absolute atomic E-state index is 0.0287. The van der Waals surface area contributed by atoms with E-state index in [1.54, 1.807) is 11.0 Å². The lowest BCUT2D eigenvalue weighted by molar-refractivity contribution is 0.0393. The van der Waals surface area contributed by atoms with Crippen molar-refractivity contribution in [3.8, 4) is 0 Å². The molecule has 1 amide bonds. The van der Waals surface area contributed by atoms with E-state index in [4.69, 9.17) is 0 Å². The molecule has 1 aliphatic rings. The molecule has 2 rings (SSSR count). The van der Waals surface area contributed by atoms with Crippen LogP contribution in [0.4, 0.5) is 0 Å². The van der Waals surface area contributed by atoms with Crippen molar-refractivity contribution < 1.29 is 9.90 Å². The number of hydrogen-bond acceptors (Lipinski definition) is 2. The predicted octanol–water partition coefficient (Wildman–Crippen LogP) is 2.43. The van der Waals surface area contributed by atoms with E-state index < -0.39 is 11.6 Å². The minimum Gasteiger partial charge on any atom is -0.391 e. The standard InChI is InChI=1S/C13H16BrNO2/c1-13(2)11(16)7-8-15(13)12(17)9-5-3-4-6-10(9)14/h3-6,11,16H,7-8H2,1-2H3. The lowest BCUT2D eigenvalue weighted by Gasteiger charge is -2.34. The SMILES string of the molecule is CC1(C)C(O)CCN1C(=O)c1ccccc1Br. The van der Waals surface area contributed by atoms with E-state index in [-0.39, 0.29) is 5.91 Å². The summed E-state index contributed by atoms with van der Waals surface area (Å²) in [6.07, 6.45) is 0.192. The van der Waals surface area contributed by atoms with Gasteiger partial charge in [0.1, 0.15) is 0 Å². The summed E-state index contributed by atoms with van der Waals surface area (Å²) in [6, 6.07) is 7.38. The Balaban J connectivity index is 2.31. The van der Waals surface area contributed by atoms with Crippen LogP contribution in [-0.4, -0.2) is 34.1 Å². The van der Waals surface area contributed by atoms with Gasteiger partial charge in [0.15, 0.2) is 0 Å². The largest absolute Gasteiger partial charge is 0.391 e. The van der Waals surface area contributed by atoms with Crippen molar-refractivity contribution in [3.63, 3.8) is 0 Å². The molecule has 1 unspecified atom stereocenters. The second-order valence-electron chi connectivity index (χ2n) is 4.89. The van der Waals surface area contributed by atoms with E-state index in [0.29, 0.717) is 18.5 Å². The smallest absolute Gasteiger partial charge is 0.255 e. The molecule has 4 heteroatoms. The molecule has 92 valence electrons. The summed E-state index contributed by atoms with van der Waals surface area (Å²) < 4.78 is 0.794. The van der Waals surface area contributed by atoms with Gasteiger partial charge in [-0.2, -0.15) is 0 Å². The van der Waals surface area contributed by atoms with Gasteiger partial charge in [-0.1, -0.05) is 12.1 Å². The minimum atomic E-state index is -0.494. The van der Waals surface area contributed by atoms with Crippen molar-refractivity contribution in [2.24, 2.45) is 0 Å². The number of carbonyl (C=O) groups is 1. The Hall–Kier alpha value is -0.870. The fourth-order valence-electron chi connectivity index (χ4n) is 2.22. The van der Waals surface area contributed by atoms with Gasteiger partial charge in [0.2, 0.25) is 0 Å². The molecule has 3 nitrogen and oxygen atoms in total. The number of likely N-dealkylation sites (tertiary alicyclic amines) is 1. The third-order valence-electron chi connectivity index (χ3n) is 3.49. The Labute approximate surface area is 110 Å². The summed E-state index contributed by atoms with van der Waals surface area (Å²) in [4.78, 5) is 14.2. The van der Waals surface area contributed by atoms with Crippen LogP contribution in [0.3, 0.4) is 0 Å². The number of carbonyl (C=O) groups excluding carboxylic acids is 1. The number of benzene rings is 1. The van der Waals surface area contributed by atoms with Crippen LogP contribution >= 0.6 is 15.9 Å². The lowest BCUT2D eigenvalue weighted by atomic mass is 9.98. The summed E-state index contributed by atoms with van der Waals surface area (Å²) in [6.45, 7) is 4.41. The number of aliphatic hydroxyl groups is 1. The van der Waals surface area contributed by atoms with Crippen LogP contribution in [0.25, 0.3) is 0 Å². The van der Waals surface area contributed by atoms with E-state index in [0.717, 1.165) is 4.47 Å². The van der Waals surface area contributed by atoms with Crippen LogP contribution in [0.2, 0.25) is 0 Å². The van der Waals surface area contributed by atoms with Gasteiger partial charge in [-0.05, 0) is 48.3 Å². The summed E-state index contributed by atoms with van der Waals surface area (Å²) in [5.41, 5.74) is 0.154. The van der Waals surface area contributed by atoms with Gasteiger partial charge in [-0.25, -0.2) is 0 Å². The van der Waals surface area contributed by atoms with Crippen LogP contribution in [0.5, 0.6) is 0 Å². The average molecular weight is 298 g/mol. The summed E-state index contributed by atoms with van der Waals surface area (Å²) in [7, 11) is 0. The number of rotatable bonds is 1. The quantitative estimate of drug-likeness (QED) is 0.865. The van der Waals surface area contributed by atoms with Crippen LogP contribution in [0.15, 0.2) is 28.7 Å². The van der Waals surface area contributed by atoms with Crippen molar-refractivity contribution >= 4 is 21.8 Å². The molecule has 0 spiro atoms. The summed E-state index contributed by atoms with van der Waals surface area (Å²) >= 11 is 3.39. The van der Waals surface area contributed by atoms with Crippen LogP contribution in [0, 0.1) is 0 Å². The Bertz CT molecular complexity index is 445. The highest BCUT2D eigenvalue weighted by atomic mass is 79.9. The van der Waals surface area contributed by atoms with E-state index in [9.17, 15) is 9.90 Å². The third-order valence-corrected chi connectivity index (χ3v) is 4.18. The maximum atomic E-state index is 12.4. The lowest BCUT2D eigenvalue weighted by Crippen LogP contribution is -2.48. The van der Waals surface area contributed by atoms with E-state index >= 15 is 0 Å². The maximum absolute atomic E-state index is 12.4. The van der Waals surface area contributed by atoms with Crippen LogP contribution < -0.4 is 0 Å². The first-order chi connectivity index (χ1) is 7.94. The Kier molecular flexibility index (Phi) is 3.27.